The van der Waals surface area contributed by atoms with E-state index in [0.717, 1.165) is 38.1 Å². The average Bonchev–Trinajstić information content (AvgIpc) is 2.57. The van der Waals surface area contributed by atoms with Crippen molar-refractivity contribution in [2.45, 2.75) is 19.8 Å². The predicted molar refractivity (Wildman–Crippen MR) is 86.0 cm³/mol. The smallest absolute Gasteiger partial charge is 0.257 e. The van der Waals surface area contributed by atoms with Crippen LogP contribution in [0.2, 0.25) is 0 Å². The Morgan fingerprint density at radius 1 is 1.29 bits per heavy atom. The Morgan fingerprint density at radius 3 is 2.71 bits per heavy atom. The number of hydrogen-bond acceptors (Lipinski definition) is 4. The molecule has 5 nitrogen and oxygen atoms in total. The summed E-state index contributed by atoms with van der Waals surface area (Å²) in [4.78, 5) is 22.3. The SMILES string of the molecule is CC1CCCN(C(=O)c2cnc(Nc3ccc(F)cc3F)nc2)C1. The summed E-state index contributed by atoms with van der Waals surface area (Å²) < 4.78 is 26.5. The molecular formula is C17H18F2N4O. The van der Waals surface area contributed by atoms with Crippen LogP contribution in [-0.4, -0.2) is 33.9 Å². The molecule has 1 aromatic heterocycles. The van der Waals surface area contributed by atoms with Crippen molar-refractivity contribution in [2.75, 3.05) is 18.4 Å². The minimum Gasteiger partial charge on any atom is -0.338 e. The van der Waals surface area contributed by atoms with Gasteiger partial charge in [-0.3, -0.25) is 4.79 Å². The summed E-state index contributed by atoms with van der Waals surface area (Å²) in [7, 11) is 0. The highest BCUT2D eigenvalue weighted by Crippen LogP contribution is 2.20. The Hall–Kier alpha value is -2.57. The van der Waals surface area contributed by atoms with Crippen LogP contribution in [0.1, 0.15) is 30.1 Å². The van der Waals surface area contributed by atoms with Crippen LogP contribution in [0, 0.1) is 17.6 Å². The fourth-order valence-corrected chi connectivity index (χ4v) is 2.77. The molecule has 0 radical (unpaired) electrons. The summed E-state index contributed by atoms with van der Waals surface area (Å²) in [6.45, 7) is 3.60. The molecular weight excluding hydrogens is 314 g/mol. The fraction of sp³-hybridized carbons (Fsp3) is 0.353. The molecule has 1 saturated heterocycles. The number of carbonyl (C=O) groups excluding carboxylic acids is 1. The van der Waals surface area contributed by atoms with E-state index in [-0.39, 0.29) is 17.5 Å². The Morgan fingerprint density at radius 2 is 2.04 bits per heavy atom. The zero-order chi connectivity index (χ0) is 17.1. The van der Waals surface area contributed by atoms with Gasteiger partial charge in [0.1, 0.15) is 11.6 Å². The Bertz CT molecular complexity index is 736. The van der Waals surface area contributed by atoms with E-state index >= 15 is 0 Å². The van der Waals surface area contributed by atoms with E-state index < -0.39 is 11.6 Å². The van der Waals surface area contributed by atoms with Crippen LogP contribution in [0.5, 0.6) is 0 Å². The lowest BCUT2D eigenvalue weighted by molar-refractivity contribution is 0.0682. The number of aromatic nitrogens is 2. The molecule has 1 aromatic carbocycles. The van der Waals surface area contributed by atoms with E-state index in [2.05, 4.69) is 22.2 Å². The van der Waals surface area contributed by atoms with Crippen molar-refractivity contribution in [1.82, 2.24) is 14.9 Å². The van der Waals surface area contributed by atoms with Gasteiger partial charge in [0.15, 0.2) is 0 Å². The number of piperidine rings is 1. The molecule has 1 unspecified atom stereocenters. The highest BCUT2D eigenvalue weighted by atomic mass is 19.1. The second kappa shape index (κ2) is 6.90. The monoisotopic (exact) mass is 332 g/mol. The first-order chi connectivity index (χ1) is 11.5. The summed E-state index contributed by atoms with van der Waals surface area (Å²) in [5.41, 5.74) is 0.467. The summed E-state index contributed by atoms with van der Waals surface area (Å²) >= 11 is 0. The largest absolute Gasteiger partial charge is 0.338 e. The molecule has 2 heterocycles. The predicted octanol–water partition coefficient (Wildman–Crippen LogP) is 3.37. The van der Waals surface area contributed by atoms with Gasteiger partial charge in [0.25, 0.3) is 5.91 Å². The number of anilines is 2. The van der Waals surface area contributed by atoms with E-state index in [1.165, 1.54) is 18.5 Å². The van der Waals surface area contributed by atoms with E-state index in [4.69, 9.17) is 0 Å². The van der Waals surface area contributed by atoms with Gasteiger partial charge in [0, 0.05) is 31.5 Å². The quantitative estimate of drug-likeness (QED) is 0.936. The minimum atomic E-state index is -0.735. The van der Waals surface area contributed by atoms with Gasteiger partial charge >= 0.3 is 0 Å². The average molecular weight is 332 g/mol. The molecule has 7 heteroatoms. The third-order valence-corrected chi connectivity index (χ3v) is 4.02. The van der Waals surface area contributed by atoms with E-state index in [1.54, 1.807) is 4.90 Å². The van der Waals surface area contributed by atoms with Crippen molar-refractivity contribution in [3.8, 4) is 0 Å². The van der Waals surface area contributed by atoms with Crippen molar-refractivity contribution < 1.29 is 13.6 Å². The van der Waals surface area contributed by atoms with Crippen LogP contribution >= 0.6 is 0 Å². The number of nitrogens with zero attached hydrogens (tertiary/aromatic N) is 3. The van der Waals surface area contributed by atoms with E-state index in [1.807, 2.05) is 0 Å². The highest BCUT2D eigenvalue weighted by molar-refractivity contribution is 5.93. The Labute approximate surface area is 138 Å². The molecule has 1 amide bonds. The Kier molecular flexibility index (Phi) is 4.69. The summed E-state index contributed by atoms with van der Waals surface area (Å²) in [5, 5.41) is 2.66. The van der Waals surface area contributed by atoms with Crippen molar-refractivity contribution in [1.29, 1.82) is 0 Å². The molecule has 1 N–H and O–H groups in total. The van der Waals surface area contributed by atoms with E-state index in [0.29, 0.717) is 11.5 Å². The molecule has 126 valence electrons. The molecule has 2 aromatic rings. The van der Waals surface area contributed by atoms with Crippen molar-refractivity contribution in [3.05, 3.63) is 47.8 Å². The first-order valence-electron chi connectivity index (χ1n) is 7.86. The topological polar surface area (TPSA) is 58.1 Å². The maximum Gasteiger partial charge on any atom is 0.257 e. The number of halogens is 2. The normalized spacial score (nSPS) is 17.6. The second-order valence-electron chi connectivity index (χ2n) is 6.04. The maximum atomic E-state index is 13.6. The second-order valence-corrected chi connectivity index (χ2v) is 6.04. The summed E-state index contributed by atoms with van der Waals surface area (Å²) in [6.07, 6.45) is 4.96. The summed E-state index contributed by atoms with van der Waals surface area (Å²) in [6, 6.07) is 3.18. The number of amides is 1. The van der Waals surface area contributed by atoms with Crippen molar-refractivity contribution >= 4 is 17.5 Å². The van der Waals surface area contributed by atoms with Crippen LogP contribution in [-0.2, 0) is 0 Å². The Balaban J connectivity index is 1.69. The van der Waals surface area contributed by atoms with Crippen molar-refractivity contribution in [3.63, 3.8) is 0 Å². The first-order valence-corrected chi connectivity index (χ1v) is 7.86. The number of likely N-dealkylation sites (tertiary alicyclic amines) is 1. The van der Waals surface area contributed by atoms with Crippen LogP contribution in [0.25, 0.3) is 0 Å². The first kappa shape index (κ1) is 16.3. The molecule has 1 fully saturated rings. The van der Waals surface area contributed by atoms with Crippen LogP contribution in [0.15, 0.2) is 30.6 Å². The number of hydrogen-bond donors (Lipinski definition) is 1. The molecule has 24 heavy (non-hydrogen) atoms. The maximum absolute atomic E-state index is 13.6. The lowest BCUT2D eigenvalue weighted by Gasteiger charge is -2.30. The molecule has 3 rings (SSSR count). The molecule has 0 aliphatic carbocycles. The lowest BCUT2D eigenvalue weighted by Crippen LogP contribution is -2.39. The third-order valence-electron chi connectivity index (χ3n) is 4.02. The van der Waals surface area contributed by atoms with Crippen molar-refractivity contribution in [2.24, 2.45) is 5.92 Å². The molecule has 0 bridgehead atoms. The van der Waals surface area contributed by atoms with Gasteiger partial charge in [0.05, 0.1) is 11.3 Å². The van der Waals surface area contributed by atoms with Gasteiger partial charge < -0.3 is 10.2 Å². The molecule has 1 aliphatic rings. The van der Waals surface area contributed by atoms with E-state index in [9.17, 15) is 13.6 Å². The molecule has 0 saturated carbocycles. The lowest BCUT2D eigenvalue weighted by atomic mass is 10.00. The summed E-state index contributed by atoms with van der Waals surface area (Å²) in [5.74, 6) is -0.854. The zero-order valence-corrected chi connectivity index (χ0v) is 13.3. The van der Waals surface area contributed by atoms with Crippen LogP contribution in [0.3, 0.4) is 0 Å². The van der Waals surface area contributed by atoms with Gasteiger partial charge in [-0.15, -0.1) is 0 Å². The van der Waals surface area contributed by atoms with Gasteiger partial charge in [-0.25, -0.2) is 18.7 Å². The van der Waals surface area contributed by atoms with Gasteiger partial charge in [-0.05, 0) is 30.9 Å². The number of rotatable bonds is 3. The van der Waals surface area contributed by atoms with Crippen LogP contribution < -0.4 is 5.32 Å². The number of benzene rings is 1. The standard InChI is InChI=1S/C17H18F2N4O/c1-11-3-2-6-23(10-11)16(24)12-8-20-17(21-9-12)22-15-5-4-13(18)7-14(15)19/h4-5,7-9,11H,2-3,6,10H2,1H3,(H,20,21,22). The van der Waals surface area contributed by atoms with Gasteiger partial charge in [-0.2, -0.15) is 0 Å². The van der Waals surface area contributed by atoms with Gasteiger partial charge in [-0.1, -0.05) is 6.92 Å². The minimum absolute atomic E-state index is 0.0698. The van der Waals surface area contributed by atoms with Crippen LogP contribution in [0.4, 0.5) is 20.4 Å². The van der Waals surface area contributed by atoms with Gasteiger partial charge in [0.2, 0.25) is 5.95 Å². The molecule has 1 atom stereocenters. The number of nitrogens with one attached hydrogen (secondary N) is 1. The third kappa shape index (κ3) is 3.67. The zero-order valence-electron chi connectivity index (χ0n) is 13.3. The fourth-order valence-electron chi connectivity index (χ4n) is 2.77. The molecule has 1 aliphatic heterocycles. The number of carbonyl (C=O) groups is 1. The highest BCUT2D eigenvalue weighted by Gasteiger charge is 2.22. The molecule has 0 spiro atoms.